The molecule has 3 N–H and O–H groups in total. The number of sulfonamides is 1. The highest BCUT2D eigenvalue weighted by Gasteiger charge is 2.08. The van der Waals surface area contributed by atoms with Crippen LogP contribution in [0.5, 0.6) is 0 Å². The van der Waals surface area contributed by atoms with E-state index < -0.39 is 10.0 Å². The van der Waals surface area contributed by atoms with Gasteiger partial charge in [-0.25, -0.2) is 13.1 Å². The second-order valence-electron chi connectivity index (χ2n) is 3.84. The van der Waals surface area contributed by atoms with E-state index in [1.165, 1.54) is 7.11 Å². The number of hydrogen-bond donors (Lipinski definition) is 2. The number of methoxy groups -OCH3 is 1. The van der Waals surface area contributed by atoms with Crippen molar-refractivity contribution in [3.8, 4) is 11.8 Å². The van der Waals surface area contributed by atoms with Crippen molar-refractivity contribution in [1.82, 2.24) is 4.72 Å². The summed E-state index contributed by atoms with van der Waals surface area (Å²) in [6.45, 7) is 0.765. The lowest BCUT2D eigenvalue weighted by atomic mass is 10.1. The van der Waals surface area contributed by atoms with E-state index >= 15 is 0 Å². The average molecular weight is 282 g/mol. The molecule has 104 valence electrons. The maximum absolute atomic E-state index is 11.5. The first-order chi connectivity index (χ1) is 9.07. The fourth-order valence-electron chi connectivity index (χ4n) is 1.32. The van der Waals surface area contributed by atoms with E-state index in [9.17, 15) is 8.42 Å². The maximum atomic E-state index is 11.5. The van der Waals surface area contributed by atoms with E-state index in [1.54, 1.807) is 0 Å². The van der Waals surface area contributed by atoms with Gasteiger partial charge in [-0.05, 0) is 17.7 Å². The molecule has 0 heterocycles. The minimum Gasteiger partial charge on any atom is -0.384 e. The Bertz CT molecular complexity index is 541. The number of benzene rings is 1. The highest BCUT2D eigenvalue weighted by atomic mass is 32.2. The zero-order valence-electron chi connectivity index (χ0n) is 10.8. The maximum Gasteiger partial charge on any atom is 0.214 e. The van der Waals surface area contributed by atoms with E-state index in [0.717, 1.165) is 11.1 Å². The molecule has 0 radical (unpaired) electrons. The molecular formula is C13H18N2O3S. The molecule has 0 aromatic heterocycles. The molecule has 0 aliphatic rings. The van der Waals surface area contributed by atoms with Crippen LogP contribution < -0.4 is 10.5 Å². The minimum atomic E-state index is -3.29. The van der Waals surface area contributed by atoms with Crippen LogP contribution in [0.25, 0.3) is 0 Å². The molecule has 0 amide bonds. The van der Waals surface area contributed by atoms with Gasteiger partial charge in [0.15, 0.2) is 0 Å². The van der Waals surface area contributed by atoms with Crippen molar-refractivity contribution in [2.75, 3.05) is 26.0 Å². The summed E-state index contributed by atoms with van der Waals surface area (Å²) in [6.07, 6.45) is 0. The summed E-state index contributed by atoms with van der Waals surface area (Å²) in [4.78, 5) is 0. The van der Waals surface area contributed by atoms with E-state index in [2.05, 4.69) is 16.6 Å². The van der Waals surface area contributed by atoms with Crippen molar-refractivity contribution in [2.45, 2.75) is 6.54 Å². The second-order valence-corrected chi connectivity index (χ2v) is 5.76. The van der Waals surface area contributed by atoms with Gasteiger partial charge in [-0.1, -0.05) is 24.0 Å². The van der Waals surface area contributed by atoms with Gasteiger partial charge in [0.25, 0.3) is 0 Å². The molecule has 0 fully saturated rings. The molecule has 19 heavy (non-hydrogen) atoms. The van der Waals surface area contributed by atoms with Gasteiger partial charge in [-0.15, -0.1) is 0 Å². The van der Waals surface area contributed by atoms with E-state index in [1.807, 2.05) is 24.3 Å². The van der Waals surface area contributed by atoms with Gasteiger partial charge in [0, 0.05) is 19.2 Å². The molecule has 0 aliphatic carbocycles. The molecule has 0 spiro atoms. The third-order valence-corrected chi connectivity index (χ3v) is 3.63. The summed E-state index contributed by atoms with van der Waals surface area (Å²) >= 11 is 0. The Hall–Kier alpha value is -1.39. The van der Waals surface area contributed by atoms with Gasteiger partial charge in [0.1, 0.15) is 0 Å². The first-order valence-electron chi connectivity index (χ1n) is 5.81. The summed E-state index contributed by atoms with van der Waals surface area (Å²) < 4.78 is 30.3. The first kappa shape index (κ1) is 15.7. The average Bonchev–Trinajstić information content (AvgIpc) is 2.42. The van der Waals surface area contributed by atoms with Crippen LogP contribution in [0.3, 0.4) is 0 Å². The first-order valence-corrected chi connectivity index (χ1v) is 7.47. The van der Waals surface area contributed by atoms with Crippen molar-refractivity contribution in [3.63, 3.8) is 0 Å². The molecule has 0 saturated carbocycles. The van der Waals surface area contributed by atoms with Crippen molar-refractivity contribution < 1.29 is 13.2 Å². The van der Waals surface area contributed by atoms with Crippen molar-refractivity contribution in [3.05, 3.63) is 35.4 Å². The third-order valence-electron chi connectivity index (χ3n) is 2.34. The summed E-state index contributed by atoms with van der Waals surface area (Å²) in [6, 6.07) is 7.33. The quantitative estimate of drug-likeness (QED) is 0.723. The van der Waals surface area contributed by atoms with Gasteiger partial charge in [0.05, 0.1) is 18.9 Å². The summed E-state index contributed by atoms with van der Waals surface area (Å²) in [5.74, 6) is 5.62. The topological polar surface area (TPSA) is 81.4 Å². The molecule has 1 rings (SSSR count). The van der Waals surface area contributed by atoms with E-state index in [-0.39, 0.29) is 18.9 Å². The Labute approximate surface area is 114 Å². The Morgan fingerprint density at radius 1 is 1.32 bits per heavy atom. The van der Waals surface area contributed by atoms with Crippen molar-refractivity contribution in [1.29, 1.82) is 0 Å². The molecule has 5 nitrogen and oxygen atoms in total. The monoisotopic (exact) mass is 282 g/mol. The SMILES string of the molecule is COCCS(=O)(=O)NCc1ccc(C#CCN)cc1. The molecule has 6 heteroatoms. The van der Waals surface area contributed by atoms with Gasteiger partial charge < -0.3 is 10.5 Å². The Morgan fingerprint density at radius 2 is 2.00 bits per heavy atom. The molecule has 1 aromatic carbocycles. The molecule has 0 saturated heterocycles. The molecule has 0 atom stereocenters. The Balaban J connectivity index is 2.54. The van der Waals surface area contributed by atoms with Gasteiger partial charge in [0.2, 0.25) is 10.0 Å². The lowest BCUT2D eigenvalue weighted by molar-refractivity contribution is 0.217. The van der Waals surface area contributed by atoms with Crippen LogP contribution in [-0.2, 0) is 21.3 Å². The van der Waals surface area contributed by atoms with Gasteiger partial charge in [-0.2, -0.15) is 0 Å². The van der Waals surface area contributed by atoms with Crippen LogP contribution in [0.2, 0.25) is 0 Å². The fourth-order valence-corrected chi connectivity index (χ4v) is 2.23. The second kappa shape index (κ2) is 7.92. The summed E-state index contributed by atoms with van der Waals surface area (Å²) in [5.41, 5.74) is 7.01. The van der Waals surface area contributed by atoms with Crippen LogP contribution >= 0.6 is 0 Å². The third kappa shape index (κ3) is 6.36. The lowest BCUT2D eigenvalue weighted by Gasteiger charge is -2.06. The van der Waals surface area contributed by atoms with Gasteiger partial charge >= 0.3 is 0 Å². The van der Waals surface area contributed by atoms with Gasteiger partial charge in [-0.3, -0.25) is 0 Å². The minimum absolute atomic E-state index is 0.0381. The lowest BCUT2D eigenvalue weighted by Crippen LogP contribution is -2.27. The molecule has 1 aromatic rings. The van der Waals surface area contributed by atoms with E-state index in [0.29, 0.717) is 6.54 Å². The molecule has 0 bridgehead atoms. The number of nitrogens with one attached hydrogen (secondary N) is 1. The zero-order valence-corrected chi connectivity index (χ0v) is 11.7. The van der Waals surface area contributed by atoms with Crippen LogP contribution in [0.15, 0.2) is 24.3 Å². The summed E-state index contributed by atoms with van der Waals surface area (Å²) in [7, 11) is -1.82. The molecule has 0 aliphatic heterocycles. The standard InChI is InChI=1S/C13H18N2O3S/c1-18-9-10-19(16,17)15-11-13-6-4-12(5-7-13)3-2-8-14/h4-7,15H,8-11,14H2,1H3. The summed E-state index contributed by atoms with van der Waals surface area (Å²) in [5, 5.41) is 0. The van der Waals surface area contributed by atoms with Crippen LogP contribution in [0.4, 0.5) is 0 Å². The van der Waals surface area contributed by atoms with Crippen LogP contribution in [0.1, 0.15) is 11.1 Å². The highest BCUT2D eigenvalue weighted by Crippen LogP contribution is 2.03. The Kier molecular flexibility index (Phi) is 6.53. The number of ether oxygens (including phenoxy) is 1. The van der Waals surface area contributed by atoms with E-state index in [4.69, 9.17) is 10.5 Å². The smallest absolute Gasteiger partial charge is 0.214 e. The Morgan fingerprint density at radius 3 is 2.58 bits per heavy atom. The van der Waals surface area contributed by atoms with Crippen LogP contribution in [-0.4, -0.2) is 34.4 Å². The molecular weight excluding hydrogens is 264 g/mol. The highest BCUT2D eigenvalue weighted by molar-refractivity contribution is 7.89. The largest absolute Gasteiger partial charge is 0.384 e. The number of rotatable bonds is 6. The van der Waals surface area contributed by atoms with Crippen LogP contribution in [0, 0.1) is 11.8 Å². The van der Waals surface area contributed by atoms with Crippen molar-refractivity contribution >= 4 is 10.0 Å². The normalized spacial score (nSPS) is 10.8. The van der Waals surface area contributed by atoms with Crippen molar-refractivity contribution in [2.24, 2.45) is 5.73 Å². The predicted octanol–water partition coefficient (Wildman–Crippen LogP) is 0.0626. The number of nitrogens with two attached hydrogens (primary N) is 1. The molecule has 0 unspecified atom stereocenters. The fraction of sp³-hybridized carbons (Fsp3) is 0.385. The zero-order chi connectivity index (χ0) is 14.1. The number of hydrogen-bond acceptors (Lipinski definition) is 4. The predicted molar refractivity (Wildman–Crippen MR) is 74.9 cm³/mol.